The second-order valence-electron chi connectivity index (χ2n) is 7.02. The number of carbonyl (C=O) groups is 2. The summed E-state index contributed by atoms with van der Waals surface area (Å²) < 4.78 is 5.28. The Hall–Kier alpha value is -1.26. The normalized spacial score (nSPS) is 33.8. The van der Waals surface area contributed by atoms with Crippen LogP contribution >= 0.6 is 0 Å². The minimum Gasteiger partial charge on any atom is -0.481 e. The molecule has 2 bridgehead atoms. The fourth-order valence-electron chi connectivity index (χ4n) is 3.47. The highest BCUT2D eigenvalue weighted by atomic mass is 16.6. The van der Waals surface area contributed by atoms with Crippen LogP contribution in [0.4, 0.5) is 4.79 Å². The van der Waals surface area contributed by atoms with Crippen molar-refractivity contribution in [1.29, 1.82) is 0 Å². The van der Waals surface area contributed by atoms with Gasteiger partial charge in [0.1, 0.15) is 5.60 Å². The zero-order chi connectivity index (χ0) is 14.3. The van der Waals surface area contributed by atoms with Gasteiger partial charge in [-0.25, -0.2) is 4.79 Å². The van der Waals surface area contributed by atoms with Crippen LogP contribution in [0.25, 0.3) is 0 Å². The number of amides is 1. The Bertz CT molecular complexity index is 401. The molecule has 0 aromatic heterocycles. The van der Waals surface area contributed by atoms with E-state index in [1.54, 1.807) is 0 Å². The third kappa shape index (κ3) is 2.85. The van der Waals surface area contributed by atoms with E-state index in [1.165, 1.54) is 0 Å². The number of rotatable bonds is 2. The van der Waals surface area contributed by atoms with Gasteiger partial charge in [0.15, 0.2) is 0 Å². The number of aliphatic carboxylic acids is 1. The number of carbonyl (C=O) groups excluding carboxylic acids is 1. The Morgan fingerprint density at radius 1 is 1.16 bits per heavy atom. The van der Waals surface area contributed by atoms with Crippen molar-refractivity contribution in [3.8, 4) is 0 Å². The molecule has 2 atom stereocenters. The first kappa shape index (κ1) is 14.2. The van der Waals surface area contributed by atoms with Gasteiger partial charge in [0.2, 0.25) is 0 Å². The quantitative estimate of drug-likeness (QED) is 0.808. The number of ether oxygens (including phenoxy) is 1. The first-order valence-electron chi connectivity index (χ1n) is 6.91. The predicted octanol–water partition coefficient (Wildman–Crippen LogP) is 2.69. The summed E-state index contributed by atoms with van der Waals surface area (Å²) in [5.41, 5.74) is -1.54. The minimum atomic E-state index is -0.722. The molecule has 19 heavy (non-hydrogen) atoms. The topological polar surface area (TPSA) is 75.6 Å². The lowest BCUT2D eigenvalue weighted by Gasteiger charge is -2.38. The third-order valence-corrected chi connectivity index (χ3v) is 4.29. The molecule has 0 radical (unpaired) electrons. The number of hydrogen-bond donors (Lipinski definition) is 2. The van der Waals surface area contributed by atoms with Gasteiger partial charge >= 0.3 is 12.1 Å². The summed E-state index contributed by atoms with van der Waals surface area (Å²) in [5, 5.41) is 12.3. The summed E-state index contributed by atoms with van der Waals surface area (Å²) >= 11 is 0. The zero-order valence-electron chi connectivity index (χ0n) is 11.9. The molecular weight excluding hydrogens is 246 g/mol. The van der Waals surface area contributed by atoms with E-state index in [-0.39, 0.29) is 5.54 Å². The molecule has 0 aromatic rings. The Labute approximate surface area is 113 Å². The van der Waals surface area contributed by atoms with E-state index >= 15 is 0 Å². The molecule has 2 rings (SSSR count). The average molecular weight is 269 g/mol. The standard InChI is InChI=1S/C14H23NO4/c1-12(2,3)19-11(18)15-14-6-4-5-13(9-14,7-8-14)10(16)17/h4-9H2,1-3H3,(H,15,18)(H,16,17)/t13-,14+/m1/s1. The summed E-state index contributed by atoms with van der Waals surface area (Å²) in [6.07, 6.45) is 3.91. The van der Waals surface area contributed by atoms with Crippen LogP contribution in [0.1, 0.15) is 59.3 Å². The Morgan fingerprint density at radius 2 is 1.84 bits per heavy atom. The maximum Gasteiger partial charge on any atom is 0.408 e. The molecule has 2 saturated carbocycles. The third-order valence-electron chi connectivity index (χ3n) is 4.29. The highest BCUT2D eigenvalue weighted by molar-refractivity contribution is 5.76. The van der Waals surface area contributed by atoms with Gasteiger partial charge in [-0.05, 0) is 59.3 Å². The van der Waals surface area contributed by atoms with Crippen LogP contribution in [0.2, 0.25) is 0 Å². The van der Waals surface area contributed by atoms with Gasteiger partial charge in [0, 0.05) is 5.54 Å². The molecule has 0 aliphatic heterocycles. The second kappa shape index (κ2) is 4.39. The molecule has 0 aromatic carbocycles. The molecule has 0 heterocycles. The van der Waals surface area contributed by atoms with Crippen molar-refractivity contribution in [2.45, 2.75) is 70.4 Å². The predicted molar refractivity (Wildman–Crippen MR) is 69.9 cm³/mol. The molecule has 0 saturated heterocycles. The van der Waals surface area contributed by atoms with Crippen molar-refractivity contribution in [3.05, 3.63) is 0 Å². The van der Waals surface area contributed by atoms with Crippen LogP contribution in [0.3, 0.4) is 0 Å². The van der Waals surface area contributed by atoms with Crippen LogP contribution in [0.5, 0.6) is 0 Å². The van der Waals surface area contributed by atoms with Crippen molar-refractivity contribution in [3.63, 3.8) is 0 Å². The smallest absolute Gasteiger partial charge is 0.408 e. The van der Waals surface area contributed by atoms with Gasteiger partial charge in [-0.1, -0.05) is 0 Å². The Balaban J connectivity index is 2.05. The van der Waals surface area contributed by atoms with Gasteiger partial charge in [0.05, 0.1) is 5.41 Å². The molecule has 2 aliphatic rings. The van der Waals surface area contributed by atoms with Gasteiger partial charge in [-0.3, -0.25) is 4.79 Å². The Kier molecular flexibility index (Phi) is 3.27. The van der Waals surface area contributed by atoms with E-state index in [4.69, 9.17) is 4.74 Å². The van der Waals surface area contributed by atoms with Crippen LogP contribution in [-0.2, 0) is 9.53 Å². The number of carboxylic acid groups (broad SMARTS) is 1. The van der Waals surface area contributed by atoms with Crippen molar-refractivity contribution < 1.29 is 19.4 Å². The molecule has 1 amide bonds. The fraction of sp³-hybridized carbons (Fsp3) is 0.857. The summed E-state index contributed by atoms with van der Waals surface area (Å²) in [6, 6.07) is 0. The van der Waals surface area contributed by atoms with Crippen molar-refractivity contribution in [2.24, 2.45) is 5.41 Å². The highest BCUT2D eigenvalue weighted by Crippen LogP contribution is 2.53. The second-order valence-corrected chi connectivity index (χ2v) is 7.02. The van der Waals surface area contributed by atoms with Crippen LogP contribution in [-0.4, -0.2) is 28.3 Å². The van der Waals surface area contributed by atoms with E-state index in [9.17, 15) is 14.7 Å². The SMILES string of the molecule is CC(C)(C)OC(=O)N[C@@]12CCC[C@@](C(=O)O)(CC1)C2. The number of fused-ring (bicyclic) bond motifs is 2. The lowest BCUT2D eigenvalue weighted by Crippen LogP contribution is -2.51. The molecule has 2 fully saturated rings. The van der Waals surface area contributed by atoms with Crippen molar-refractivity contribution >= 4 is 12.1 Å². The lowest BCUT2D eigenvalue weighted by atomic mass is 9.73. The van der Waals surface area contributed by atoms with Crippen molar-refractivity contribution in [2.75, 3.05) is 0 Å². The summed E-state index contributed by atoms with van der Waals surface area (Å²) in [5.74, 6) is -0.722. The first-order valence-corrected chi connectivity index (χ1v) is 6.91. The zero-order valence-corrected chi connectivity index (χ0v) is 11.9. The van der Waals surface area contributed by atoms with Gasteiger partial charge < -0.3 is 15.2 Å². The van der Waals surface area contributed by atoms with E-state index in [1.807, 2.05) is 20.8 Å². The summed E-state index contributed by atoms with van der Waals surface area (Å²) in [7, 11) is 0. The van der Waals surface area contributed by atoms with E-state index in [0.717, 1.165) is 25.7 Å². The molecule has 0 unspecified atom stereocenters. The molecule has 108 valence electrons. The maximum absolute atomic E-state index is 11.9. The summed E-state index contributed by atoms with van der Waals surface area (Å²) in [6.45, 7) is 5.46. The molecular formula is C14H23NO4. The van der Waals surface area contributed by atoms with Crippen LogP contribution in [0.15, 0.2) is 0 Å². The molecule has 2 aliphatic carbocycles. The van der Waals surface area contributed by atoms with E-state index in [2.05, 4.69) is 5.32 Å². The fourth-order valence-corrected chi connectivity index (χ4v) is 3.47. The molecule has 2 N–H and O–H groups in total. The summed E-state index contributed by atoms with van der Waals surface area (Å²) in [4.78, 5) is 23.3. The van der Waals surface area contributed by atoms with Crippen molar-refractivity contribution in [1.82, 2.24) is 5.32 Å². The monoisotopic (exact) mass is 269 g/mol. The van der Waals surface area contributed by atoms with Gasteiger partial charge in [0.25, 0.3) is 0 Å². The number of nitrogens with one attached hydrogen (secondary N) is 1. The van der Waals surface area contributed by atoms with E-state index < -0.39 is 23.1 Å². The number of hydrogen-bond acceptors (Lipinski definition) is 3. The highest BCUT2D eigenvalue weighted by Gasteiger charge is 2.55. The maximum atomic E-state index is 11.9. The molecule has 0 spiro atoms. The molecule has 5 heteroatoms. The van der Waals surface area contributed by atoms with Crippen LogP contribution in [0, 0.1) is 5.41 Å². The lowest BCUT2D eigenvalue weighted by molar-refractivity contribution is -0.150. The minimum absolute atomic E-state index is 0.376. The Morgan fingerprint density at radius 3 is 2.42 bits per heavy atom. The van der Waals surface area contributed by atoms with Crippen LogP contribution < -0.4 is 5.32 Å². The largest absolute Gasteiger partial charge is 0.481 e. The van der Waals surface area contributed by atoms with Gasteiger partial charge in [-0.2, -0.15) is 0 Å². The van der Waals surface area contributed by atoms with Gasteiger partial charge in [-0.15, -0.1) is 0 Å². The number of carboxylic acids is 1. The first-order chi connectivity index (χ1) is 8.67. The molecule has 5 nitrogen and oxygen atoms in total. The number of alkyl carbamates (subject to hydrolysis) is 1. The average Bonchev–Trinajstić information content (AvgIpc) is 2.48. The van der Waals surface area contributed by atoms with E-state index in [0.29, 0.717) is 12.8 Å².